The molecule has 19 heavy (non-hydrogen) atoms. The average Bonchev–Trinajstić information content (AvgIpc) is 2.90. The number of rotatable bonds is 2. The molecule has 0 bridgehead atoms. The summed E-state index contributed by atoms with van der Waals surface area (Å²) in [6.45, 7) is 0. The molecule has 1 heterocycles. The number of H-pyrrole nitrogens is 1. The van der Waals surface area contributed by atoms with E-state index in [-0.39, 0.29) is 0 Å². The molecule has 1 N–H and O–H groups in total. The zero-order valence-corrected chi connectivity index (χ0v) is 11.2. The molecule has 0 aliphatic rings. The molecule has 0 atom stereocenters. The smallest absolute Gasteiger partial charge is 0.191 e. The van der Waals surface area contributed by atoms with Gasteiger partial charge in [-0.15, -0.1) is 0 Å². The van der Waals surface area contributed by atoms with Gasteiger partial charge in [0.05, 0.1) is 18.1 Å². The fraction of sp³-hybridized carbons (Fsp3) is 0.0667. The summed E-state index contributed by atoms with van der Waals surface area (Å²) in [6, 6.07) is 15.8. The van der Waals surface area contributed by atoms with Crippen molar-refractivity contribution < 1.29 is 4.74 Å². The molecule has 0 spiro atoms. The lowest BCUT2D eigenvalue weighted by Crippen LogP contribution is -2.02. The van der Waals surface area contributed by atoms with Crippen LogP contribution in [0, 0.1) is 0 Å². The molecule has 3 nitrogen and oxygen atoms in total. The third kappa shape index (κ3) is 2.11. The van der Waals surface area contributed by atoms with E-state index in [2.05, 4.69) is 9.97 Å². The second-order valence-electron chi connectivity index (χ2n) is 4.14. The van der Waals surface area contributed by atoms with E-state index in [0.717, 1.165) is 28.0 Å². The van der Waals surface area contributed by atoms with E-state index in [4.69, 9.17) is 17.0 Å². The standard InChI is InChI=1S/C15H12N2OS/c1-18-15(19)11-7-3-2-6-10(11)14-16-12-8-4-5-9-13(12)17-14/h2-9H,1H3,(H,16,17). The molecule has 1 aromatic heterocycles. The van der Waals surface area contributed by atoms with Gasteiger partial charge in [-0.2, -0.15) is 0 Å². The third-order valence-corrected chi connectivity index (χ3v) is 3.36. The fourth-order valence-corrected chi connectivity index (χ4v) is 2.24. The van der Waals surface area contributed by atoms with E-state index < -0.39 is 0 Å². The Balaban J connectivity index is 2.18. The van der Waals surface area contributed by atoms with E-state index in [1.807, 2.05) is 48.5 Å². The largest absolute Gasteiger partial charge is 0.486 e. The Bertz CT molecular complexity index is 715. The van der Waals surface area contributed by atoms with Crippen molar-refractivity contribution in [2.45, 2.75) is 0 Å². The van der Waals surface area contributed by atoms with Gasteiger partial charge >= 0.3 is 0 Å². The van der Waals surface area contributed by atoms with Crippen LogP contribution in [-0.4, -0.2) is 22.1 Å². The van der Waals surface area contributed by atoms with Crippen LogP contribution in [0.4, 0.5) is 0 Å². The topological polar surface area (TPSA) is 37.9 Å². The van der Waals surface area contributed by atoms with Gasteiger partial charge in [0.1, 0.15) is 5.82 Å². The van der Waals surface area contributed by atoms with Crippen LogP contribution < -0.4 is 0 Å². The zero-order chi connectivity index (χ0) is 13.2. The van der Waals surface area contributed by atoms with Crippen LogP contribution in [0.5, 0.6) is 0 Å². The number of fused-ring (bicyclic) bond motifs is 1. The van der Waals surface area contributed by atoms with Gasteiger partial charge in [-0.1, -0.05) is 30.3 Å². The summed E-state index contributed by atoms with van der Waals surface area (Å²) < 4.78 is 5.16. The Morgan fingerprint density at radius 1 is 1.11 bits per heavy atom. The molecule has 94 valence electrons. The van der Waals surface area contributed by atoms with Crippen molar-refractivity contribution in [1.29, 1.82) is 0 Å². The lowest BCUT2D eigenvalue weighted by Gasteiger charge is -2.07. The SMILES string of the molecule is COC(=S)c1ccccc1-c1nc2ccccc2[nH]1. The van der Waals surface area contributed by atoms with Crippen LogP contribution in [0.1, 0.15) is 5.56 Å². The maximum Gasteiger partial charge on any atom is 0.191 e. The van der Waals surface area contributed by atoms with Crippen molar-refractivity contribution in [3.8, 4) is 11.4 Å². The van der Waals surface area contributed by atoms with Crippen LogP contribution in [0.25, 0.3) is 22.4 Å². The molecule has 0 radical (unpaired) electrons. The normalized spacial score (nSPS) is 10.6. The van der Waals surface area contributed by atoms with Crippen LogP contribution in [0.15, 0.2) is 48.5 Å². The Kier molecular flexibility index (Phi) is 3.01. The number of nitrogens with zero attached hydrogens (tertiary/aromatic N) is 1. The molecule has 0 aliphatic heterocycles. The molecule has 3 aromatic rings. The predicted molar refractivity (Wildman–Crippen MR) is 80.2 cm³/mol. The fourth-order valence-electron chi connectivity index (χ4n) is 2.06. The number of aromatic amines is 1. The van der Waals surface area contributed by atoms with Crippen molar-refractivity contribution in [2.75, 3.05) is 7.11 Å². The average molecular weight is 268 g/mol. The first kappa shape index (κ1) is 11.9. The summed E-state index contributed by atoms with van der Waals surface area (Å²) in [6.07, 6.45) is 0. The van der Waals surface area contributed by atoms with E-state index >= 15 is 0 Å². The maximum atomic E-state index is 5.23. The molecule has 0 saturated heterocycles. The molecule has 2 aromatic carbocycles. The highest BCUT2D eigenvalue weighted by molar-refractivity contribution is 7.80. The van der Waals surface area contributed by atoms with Crippen molar-refractivity contribution >= 4 is 28.3 Å². The highest BCUT2D eigenvalue weighted by Gasteiger charge is 2.12. The van der Waals surface area contributed by atoms with Gasteiger partial charge in [0, 0.05) is 11.1 Å². The van der Waals surface area contributed by atoms with Gasteiger partial charge in [0.15, 0.2) is 5.05 Å². The first-order valence-electron chi connectivity index (χ1n) is 5.92. The minimum atomic E-state index is 0.469. The van der Waals surface area contributed by atoms with E-state index in [1.165, 1.54) is 0 Å². The Morgan fingerprint density at radius 3 is 2.63 bits per heavy atom. The summed E-state index contributed by atoms with van der Waals surface area (Å²) in [5, 5.41) is 0.469. The second kappa shape index (κ2) is 4.82. The van der Waals surface area contributed by atoms with Gasteiger partial charge in [0.25, 0.3) is 0 Å². The van der Waals surface area contributed by atoms with Crippen LogP contribution in [0.2, 0.25) is 0 Å². The number of benzene rings is 2. The number of aromatic nitrogens is 2. The number of methoxy groups -OCH3 is 1. The highest BCUT2D eigenvalue weighted by atomic mass is 32.1. The van der Waals surface area contributed by atoms with Gasteiger partial charge in [-0.25, -0.2) is 4.98 Å². The summed E-state index contributed by atoms with van der Waals surface area (Å²) in [4.78, 5) is 7.89. The first-order chi connectivity index (χ1) is 9.29. The van der Waals surface area contributed by atoms with Crippen LogP contribution >= 0.6 is 12.2 Å². The Morgan fingerprint density at radius 2 is 1.84 bits per heavy atom. The van der Waals surface area contributed by atoms with E-state index in [0.29, 0.717) is 5.05 Å². The lowest BCUT2D eigenvalue weighted by molar-refractivity contribution is 0.416. The zero-order valence-electron chi connectivity index (χ0n) is 10.4. The number of imidazole rings is 1. The number of hydrogen-bond acceptors (Lipinski definition) is 3. The number of hydrogen-bond donors (Lipinski definition) is 1. The molecule has 4 heteroatoms. The minimum Gasteiger partial charge on any atom is -0.486 e. The molecular formula is C15H12N2OS. The third-order valence-electron chi connectivity index (χ3n) is 2.98. The van der Waals surface area contributed by atoms with Crippen molar-refractivity contribution in [2.24, 2.45) is 0 Å². The number of thiocarbonyl (C=S) groups is 1. The van der Waals surface area contributed by atoms with Gasteiger partial charge in [-0.05, 0) is 30.4 Å². The summed E-state index contributed by atoms with van der Waals surface area (Å²) in [7, 11) is 1.58. The van der Waals surface area contributed by atoms with Crippen LogP contribution in [-0.2, 0) is 4.74 Å². The first-order valence-corrected chi connectivity index (χ1v) is 6.33. The second-order valence-corrected chi connectivity index (χ2v) is 4.51. The molecule has 0 amide bonds. The predicted octanol–water partition coefficient (Wildman–Crippen LogP) is 3.55. The Hall–Kier alpha value is -2.20. The molecule has 0 fully saturated rings. The molecule has 0 aliphatic carbocycles. The van der Waals surface area contributed by atoms with Gasteiger partial charge in [0.2, 0.25) is 0 Å². The summed E-state index contributed by atoms with van der Waals surface area (Å²) in [5.41, 5.74) is 3.77. The molecule has 0 unspecified atom stereocenters. The van der Waals surface area contributed by atoms with E-state index in [1.54, 1.807) is 7.11 Å². The molecule has 0 saturated carbocycles. The van der Waals surface area contributed by atoms with Crippen molar-refractivity contribution in [3.05, 3.63) is 54.1 Å². The summed E-state index contributed by atoms with van der Waals surface area (Å²) >= 11 is 5.23. The van der Waals surface area contributed by atoms with Crippen molar-refractivity contribution in [1.82, 2.24) is 9.97 Å². The summed E-state index contributed by atoms with van der Waals surface area (Å²) in [5.74, 6) is 0.802. The van der Waals surface area contributed by atoms with Gasteiger partial charge in [-0.3, -0.25) is 0 Å². The highest BCUT2D eigenvalue weighted by Crippen LogP contribution is 2.24. The minimum absolute atomic E-state index is 0.469. The number of para-hydroxylation sites is 2. The monoisotopic (exact) mass is 268 g/mol. The number of nitrogens with one attached hydrogen (secondary N) is 1. The van der Waals surface area contributed by atoms with Crippen molar-refractivity contribution in [3.63, 3.8) is 0 Å². The van der Waals surface area contributed by atoms with E-state index in [9.17, 15) is 0 Å². The molecule has 3 rings (SSSR count). The number of ether oxygens (including phenoxy) is 1. The maximum absolute atomic E-state index is 5.23. The quantitative estimate of drug-likeness (QED) is 0.722. The molecular weight excluding hydrogens is 256 g/mol. The lowest BCUT2D eigenvalue weighted by atomic mass is 10.1. The van der Waals surface area contributed by atoms with Crippen LogP contribution in [0.3, 0.4) is 0 Å². The Labute approximate surface area is 116 Å². The van der Waals surface area contributed by atoms with Gasteiger partial charge < -0.3 is 9.72 Å².